The maximum atomic E-state index is 4.16. The molecule has 0 atom stereocenters. The molecule has 0 aliphatic heterocycles. The Hall–Kier alpha value is 6.72. The van der Waals surface area contributed by atoms with Crippen LogP contribution in [0.1, 0.15) is 237 Å². The van der Waals surface area contributed by atoms with Crippen LogP contribution in [-0.4, -0.2) is 73.9 Å². The van der Waals surface area contributed by atoms with Crippen molar-refractivity contribution in [3.8, 4) is 0 Å². The summed E-state index contributed by atoms with van der Waals surface area (Å²) in [6.45, 7) is 27.8. The van der Waals surface area contributed by atoms with E-state index in [9.17, 15) is 0 Å². The first-order valence-electron chi connectivity index (χ1n) is 24.7. The average Bonchev–Trinajstić information content (AvgIpc) is 3.31. The molecule has 0 nitrogen and oxygen atoms in total. The predicted molar refractivity (Wildman–Crippen MR) is 321 cm³/mol. The monoisotopic (exact) mass is 1570 g/mol. The third-order valence-corrected chi connectivity index (χ3v) is 21.3. The molecule has 0 rings (SSSR count). The van der Waals surface area contributed by atoms with Gasteiger partial charge >= 0.3 is 132 Å². The SMILES string of the molecule is CCCCP(CCCC)CCCC.CCCCP(CCCC)CCCC.CCCCP(CCCC)CCCC.CCCCP(CCCC)CCCC.[Cu][I].[Cu][I].[Cu][I].[Cu][I]. The Morgan fingerprint density at radius 3 is 0.300 bits per heavy atom. The van der Waals surface area contributed by atoms with Gasteiger partial charge in [0.15, 0.2) is 0 Å². The molecule has 0 saturated heterocycles. The molecule has 0 aromatic rings. The fourth-order valence-electron chi connectivity index (χ4n) is 5.92. The van der Waals surface area contributed by atoms with E-state index in [2.05, 4.69) is 134 Å². The second-order valence-electron chi connectivity index (χ2n) is 15.6. The quantitative estimate of drug-likeness (QED) is 0.0333. The summed E-state index contributed by atoms with van der Waals surface area (Å²) in [6.07, 6.45) is 52.9. The van der Waals surface area contributed by atoms with Gasteiger partial charge in [0.1, 0.15) is 0 Å². The minimum atomic E-state index is 0.422. The van der Waals surface area contributed by atoms with Gasteiger partial charge in [-0.3, -0.25) is 0 Å². The van der Waals surface area contributed by atoms with Crippen molar-refractivity contribution in [1.29, 1.82) is 0 Å². The molecule has 12 heteroatoms. The number of halogens is 4. The third kappa shape index (κ3) is 87.8. The zero-order valence-corrected chi connectivity index (χ0v) is 57.9. The van der Waals surface area contributed by atoms with Gasteiger partial charge in [0.2, 0.25) is 0 Å². The van der Waals surface area contributed by atoms with Crippen LogP contribution < -0.4 is 0 Å². The second kappa shape index (κ2) is 91.9. The minimum absolute atomic E-state index is 0.422. The molecule has 0 spiro atoms. The van der Waals surface area contributed by atoms with Gasteiger partial charge < -0.3 is 0 Å². The van der Waals surface area contributed by atoms with Crippen LogP contribution in [0.2, 0.25) is 0 Å². The van der Waals surface area contributed by atoms with Crippen molar-refractivity contribution in [3.63, 3.8) is 0 Å². The Morgan fingerprint density at radius 2 is 0.250 bits per heavy atom. The van der Waals surface area contributed by atoms with Gasteiger partial charge in [-0.25, -0.2) is 0 Å². The van der Waals surface area contributed by atoms with Crippen LogP contribution in [0.5, 0.6) is 0 Å². The van der Waals surface area contributed by atoms with E-state index in [0.717, 1.165) is 0 Å². The molecule has 0 fully saturated rings. The zero-order valence-electron chi connectivity index (χ0n) is 42.0. The van der Waals surface area contributed by atoms with Gasteiger partial charge in [-0.15, -0.1) is 31.7 Å². The Kier molecular flexibility index (Phi) is 128. The first-order chi connectivity index (χ1) is 29.4. The molecule has 0 aliphatic rings. The molecule has 0 aromatic carbocycles. The standard InChI is InChI=1S/4C12H27P.4Cu.4HI/c4*1-4-7-10-13(11-8-5-2)12-9-6-3;;;;;;;;/h4*4-12H2,1-3H3;;;;;4*1H/q;;;;4*+1;;;;/p-4. The predicted octanol–water partition coefficient (Wildman–Crippen LogP) is 23.0. The van der Waals surface area contributed by atoms with Crippen LogP contribution in [0.4, 0.5) is 0 Å². The molecule has 392 valence electrons. The summed E-state index contributed by atoms with van der Waals surface area (Å²) in [5, 5.41) is 0. The Morgan fingerprint density at radius 1 is 0.183 bits per heavy atom. The molecule has 0 N–H and O–H groups in total. The Bertz CT molecular complexity index is 426. The molecule has 0 unspecified atom stereocenters. The van der Waals surface area contributed by atoms with E-state index < -0.39 is 0 Å². The summed E-state index contributed by atoms with van der Waals surface area (Å²) in [5.41, 5.74) is 0. The van der Waals surface area contributed by atoms with Crippen molar-refractivity contribution in [1.82, 2.24) is 0 Å². The summed E-state index contributed by atoms with van der Waals surface area (Å²) < 4.78 is 0. The molecular formula is C48H108Cu4I4P4. The van der Waals surface area contributed by atoms with Crippen molar-refractivity contribution in [2.45, 2.75) is 237 Å². The summed E-state index contributed by atoms with van der Waals surface area (Å²) in [7, 11) is 1.69. The maximum absolute atomic E-state index is 4.16. The summed E-state index contributed by atoms with van der Waals surface area (Å²) in [4.78, 5) is 0. The normalized spacial score (nSPS) is 10.1. The van der Waals surface area contributed by atoms with Crippen LogP contribution in [0, 0.1) is 0 Å². The van der Waals surface area contributed by atoms with Gasteiger partial charge in [0.05, 0.1) is 0 Å². The first kappa shape index (κ1) is 83.6. The van der Waals surface area contributed by atoms with Crippen molar-refractivity contribution < 1.29 is 51.1 Å². The third-order valence-electron chi connectivity index (χ3n) is 9.93. The van der Waals surface area contributed by atoms with Crippen LogP contribution in [0.15, 0.2) is 0 Å². The van der Waals surface area contributed by atoms with E-state index in [1.165, 1.54) is 154 Å². The fraction of sp³-hybridized carbons (Fsp3) is 1.00. The van der Waals surface area contributed by atoms with E-state index in [0.29, 0.717) is 31.7 Å². The van der Waals surface area contributed by atoms with E-state index in [1.54, 1.807) is 155 Å². The molecule has 0 aliphatic carbocycles. The average molecular weight is 1570 g/mol. The van der Waals surface area contributed by atoms with Gasteiger partial charge in [0.25, 0.3) is 0 Å². The van der Waals surface area contributed by atoms with Crippen LogP contribution >= 0.6 is 113 Å². The Balaban J connectivity index is -0.0000000945. The van der Waals surface area contributed by atoms with Crippen LogP contribution in [-0.2, 0) is 51.1 Å². The molecule has 0 radical (unpaired) electrons. The van der Waals surface area contributed by atoms with Crippen LogP contribution in [0.3, 0.4) is 0 Å². The zero-order chi connectivity index (χ0) is 47.8. The van der Waals surface area contributed by atoms with E-state index in [4.69, 9.17) is 0 Å². The molecule has 0 amide bonds. The number of hydrogen-bond acceptors (Lipinski definition) is 0. The molecule has 0 bridgehead atoms. The van der Waals surface area contributed by atoms with Crippen molar-refractivity contribution in [2.24, 2.45) is 0 Å². The van der Waals surface area contributed by atoms with Crippen molar-refractivity contribution >= 4 is 113 Å². The second-order valence-corrected chi connectivity index (χ2v) is 26.3. The first-order valence-corrected chi connectivity index (χ1v) is 44.5. The van der Waals surface area contributed by atoms with Crippen molar-refractivity contribution in [2.75, 3.05) is 73.9 Å². The molecule has 60 heavy (non-hydrogen) atoms. The van der Waals surface area contributed by atoms with E-state index in [-0.39, 0.29) is 0 Å². The molecule has 0 aromatic heterocycles. The summed E-state index contributed by atoms with van der Waals surface area (Å²) in [5.74, 6) is 0. The van der Waals surface area contributed by atoms with Gasteiger partial charge in [-0.05, 0) is 151 Å². The summed E-state index contributed by atoms with van der Waals surface area (Å²) in [6, 6.07) is 0. The molecule has 0 saturated carbocycles. The number of hydrogen-bond donors (Lipinski definition) is 0. The Labute approximate surface area is 468 Å². The summed E-state index contributed by atoms with van der Waals surface area (Å²) >= 11 is 23.5. The molecular weight excluding hydrogens is 1460 g/mol. The van der Waals surface area contributed by atoms with E-state index in [1.807, 2.05) is 0 Å². The van der Waals surface area contributed by atoms with Gasteiger partial charge in [-0.2, -0.15) is 0 Å². The number of rotatable bonds is 36. The molecule has 0 heterocycles. The van der Waals surface area contributed by atoms with Crippen molar-refractivity contribution in [3.05, 3.63) is 0 Å². The van der Waals surface area contributed by atoms with Gasteiger partial charge in [-0.1, -0.05) is 160 Å². The van der Waals surface area contributed by atoms with E-state index >= 15 is 0 Å². The van der Waals surface area contributed by atoms with Gasteiger partial charge in [0, 0.05) is 0 Å². The fourth-order valence-corrected chi connectivity index (χ4v) is 17.8. The number of unbranched alkanes of at least 4 members (excludes halogenated alkanes) is 12. The topological polar surface area (TPSA) is 0 Å². The van der Waals surface area contributed by atoms with Crippen LogP contribution in [0.25, 0.3) is 0 Å².